The molecule has 0 aromatic heterocycles. The van der Waals surface area contributed by atoms with Gasteiger partial charge in [0, 0.05) is 32.7 Å². The molecule has 0 aromatic rings. The second-order valence-corrected chi connectivity index (χ2v) is 12.3. The van der Waals surface area contributed by atoms with Gasteiger partial charge >= 0.3 is 35.8 Å². The maximum atomic E-state index is 11.2. The summed E-state index contributed by atoms with van der Waals surface area (Å²) in [5.74, 6) is -2.69. The van der Waals surface area contributed by atoms with Crippen LogP contribution in [-0.2, 0) is 75.7 Å². The van der Waals surface area contributed by atoms with Crippen molar-refractivity contribution < 1.29 is 85.9 Å². The van der Waals surface area contributed by atoms with Gasteiger partial charge in [0.15, 0.2) is 0 Å². The zero-order valence-corrected chi connectivity index (χ0v) is 29.5. The molecule has 0 spiro atoms. The van der Waals surface area contributed by atoms with Gasteiger partial charge in [0.25, 0.3) is 0 Å². The molecule has 1 heterocycles. The van der Waals surface area contributed by atoms with Gasteiger partial charge in [-0.25, -0.2) is 0 Å². The minimum atomic E-state index is -0.947. The first-order valence-corrected chi connectivity index (χ1v) is 13.4. The van der Waals surface area contributed by atoms with Crippen LogP contribution in [0, 0.1) is 34.0 Å². The maximum Gasteiger partial charge on any atom is 0.314 e. The van der Waals surface area contributed by atoms with Crippen LogP contribution in [-0.4, -0.2) is 60.2 Å². The van der Waals surface area contributed by atoms with Gasteiger partial charge in [-0.3, -0.25) is 28.8 Å². The van der Waals surface area contributed by atoms with Gasteiger partial charge in [0.2, 0.25) is 0 Å². The summed E-state index contributed by atoms with van der Waals surface area (Å²) in [6.45, 7) is 17.2. The first-order valence-electron chi connectivity index (χ1n) is 13.4. The van der Waals surface area contributed by atoms with E-state index in [1.54, 1.807) is 6.92 Å². The smallest absolute Gasteiger partial charge is 0.314 e. The van der Waals surface area contributed by atoms with Crippen LogP contribution in [0.15, 0.2) is 0 Å². The number of carboxylic acid groups (broad SMARTS) is 2. The monoisotopic (exact) mass is 791 g/mol. The number of carbonyl (C=O) groups excluding carboxylic acids is 4. The van der Waals surface area contributed by atoms with Crippen molar-refractivity contribution in [3.63, 3.8) is 0 Å². The number of carboxylic acids is 2. The largest absolute Gasteiger partial charge is 0.481 e. The molecule has 2 N–H and O–H groups in total. The molecule has 0 atom stereocenters. The molecule has 1 aliphatic heterocycles. The van der Waals surface area contributed by atoms with Crippen molar-refractivity contribution in [2.24, 2.45) is 34.0 Å². The van der Waals surface area contributed by atoms with Gasteiger partial charge in [0.05, 0.1) is 52.7 Å². The second kappa shape index (κ2) is 34.6. The van der Waals surface area contributed by atoms with Gasteiger partial charge in [-0.15, -0.1) is 0 Å². The SMILES string of the molecule is C.C.C.C.C.C.C.C.CC(C)C(C)(CC(=O)O)CC(=O)O.CC(C)C1(C)CC(=O)OC(=O)C1.COC(=O)CC(C)(CC(=O)OC)C(C)C.[Y]. The van der Waals surface area contributed by atoms with E-state index in [9.17, 15) is 28.8 Å². The Labute approximate surface area is 328 Å². The summed E-state index contributed by atoms with van der Waals surface area (Å²) in [4.78, 5) is 65.4. The van der Waals surface area contributed by atoms with E-state index in [2.05, 4.69) is 14.2 Å². The number of rotatable bonds is 11. The average molecular weight is 792 g/mol. The molecular weight excluding hydrogens is 709 g/mol. The van der Waals surface area contributed by atoms with Crippen LogP contribution in [0.25, 0.3) is 0 Å². The van der Waals surface area contributed by atoms with E-state index in [1.807, 2.05) is 55.4 Å². The molecule has 11 nitrogen and oxygen atoms in total. The molecule has 0 aliphatic carbocycles. The molecule has 49 heavy (non-hydrogen) atoms. The molecule has 1 radical (unpaired) electrons. The Morgan fingerprint density at radius 2 is 0.898 bits per heavy atom. The Morgan fingerprint density at radius 3 is 1.08 bits per heavy atom. The molecule has 1 saturated heterocycles. The Kier molecular flexibility index (Phi) is 54.2. The number of carbonyl (C=O) groups is 6. The molecule has 0 amide bonds. The van der Waals surface area contributed by atoms with Crippen LogP contribution in [0.5, 0.6) is 0 Å². The molecule has 1 fully saturated rings. The zero-order valence-electron chi connectivity index (χ0n) is 26.6. The molecule has 0 aromatic carbocycles. The molecule has 1 rings (SSSR count). The summed E-state index contributed by atoms with van der Waals surface area (Å²) in [5, 5.41) is 17.2. The van der Waals surface area contributed by atoms with E-state index in [4.69, 9.17) is 10.2 Å². The van der Waals surface area contributed by atoms with E-state index in [0.717, 1.165) is 0 Å². The van der Waals surface area contributed by atoms with Gasteiger partial charge in [-0.2, -0.15) is 0 Å². The van der Waals surface area contributed by atoms with Crippen molar-refractivity contribution in [2.75, 3.05) is 14.2 Å². The van der Waals surface area contributed by atoms with Crippen molar-refractivity contribution in [2.45, 2.75) is 160 Å². The van der Waals surface area contributed by atoms with Gasteiger partial charge in [0.1, 0.15) is 0 Å². The predicted molar refractivity (Wildman–Crippen MR) is 201 cm³/mol. The Morgan fingerprint density at radius 1 is 0.653 bits per heavy atom. The minimum absolute atomic E-state index is 0. The third-order valence-electron chi connectivity index (χ3n) is 8.17. The zero-order chi connectivity index (χ0) is 32.1. The van der Waals surface area contributed by atoms with Gasteiger partial charge in [-0.1, -0.05) is 122 Å². The van der Waals surface area contributed by atoms with E-state index in [-0.39, 0.29) is 159 Å². The van der Waals surface area contributed by atoms with Gasteiger partial charge in [-0.05, 0) is 34.0 Å². The molecule has 299 valence electrons. The maximum absolute atomic E-state index is 11.2. The van der Waals surface area contributed by atoms with Crippen LogP contribution in [0.3, 0.4) is 0 Å². The molecular formula is C37H82O11Y. The van der Waals surface area contributed by atoms with Crippen LogP contribution < -0.4 is 0 Å². The van der Waals surface area contributed by atoms with E-state index < -0.39 is 22.8 Å². The van der Waals surface area contributed by atoms with Gasteiger partial charge < -0.3 is 24.4 Å². The van der Waals surface area contributed by atoms with Crippen LogP contribution in [0.4, 0.5) is 0 Å². The number of hydrogen-bond donors (Lipinski definition) is 2. The van der Waals surface area contributed by atoms with Crippen LogP contribution >= 0.6 is 0 Å². The number of esters is 4. The number of methoxy groups -OCH3 is 2. The Balaban J connectivity index is -0.0000000452. The van der Waals surface area contributed by atoms with E-state index >= 15 is 0 Å². The summed E-state index contributed by atoms with van der Waals surface area (Å²) in [6.07, 6.45) is 0.979. The summed E-state index contributed by atoms with van der Waals surface area (Å²) in [6, 6.07) is 0. The number of cyclic esters (lactones) is 2. The average Bonchev–Trinajstić information content (AvgIpc) is 2.77. The van der Waals surface area contributed by atoms with Crippen molar-refractivity contribution in [1.82, 2.24) is 0 Å². The summed E-state index contributed by atoms with van der Waals surface area (Å²) >= 11 is 0. The predicted octanol–water partition coefficient (Wildman–Crippen LogP) is 9.97. The molecule has 12 heteroatoms. The fourth-order valence-corrected chi connectivity index (χ4v) is 3.77. The fourth-order valence-electron chi connectivity index (χ4n) is 3.77. The van der Waals surface area contributed by atoms with Crippen molar-refractivity contribution >= 4 is 35.8 Å². The summed E-state index contributed by atoms with van der Waals surface area (Å²) in [7, 11) is 2.70. The second-order valence-electron chi connectivity index (χ2n) is 12.3. The fraction of sp³-hybridized carbons (Fsp3) is 0.838. The van der Waals surface area contributed by atoms with Crippen molar-refractivity contribution in [3.8, 4) is 0 Å². The van der Waals surface area contributed by atoms with E-state index in [0.29, 0.717) is 18.8 Å². The first-order chi connectivity index (χ1) is 18.1. The standard InChI is InChI=1S/C11H20O4.C9H16O4.C9H14O3.8CH4.Y/c1-8(2)11(3,6-9(12)14-4)7-10(13)15-5;1-6(2)9(3,4-7(10)11)5-8(12)13;1-6(2)9(3)4-7(10)12-8(11)5-9;;;;;;;;;/h8H,6-7H2,1-5H3;6H,4-5H2,1-3H3,(H,10,11)(H,12,13);6H,4-5H2,1-3H3;8*1H4;. The minimum Gasteiger partial charge on any atom is -0.481 e. The number of aliphatic carboxylic acids is 2. The van der Waals surface area contributed by atoms with Crippen LogP contribution in [0.2, 0.25) is 0 Å². The molecule has 0 unspecified atom stereocenters. The third-order valence-corrected chi connectivity index (χ3v) is 8.17. The summed E-state index contributed by atoms with van der Waals surface area (Å²) < 4.78 is 13.7. The molecule has 1 aliphatic rings. The normalized spacial score (nSPS) is 12.1. The van der Waals surface area contributed by atoms with E-state index in [1.165, 1.54) is 14.2 Å². The topological polar surface area (TPSA) is 171 Å². The first kappa shape index (κ1) is 76.8. The van der Waals surface area contributed by atoms with Crippen LogP contribution in [0.1, 0.15) is 160 Å². The summed E-state index contributed by atoms with van der Waals surface area (Å²) in [5.41, 5.74) is -1.26. The molecule has 0 bridgehead atoms. The van der Waals surface area contributed by atoms with Crippen molar-refractivity contribution in [1.29, 1.82) is 0 Å². The number of hydrogen-bond acceptors (Lipinski definition) is 9. The number of ether oxygens (including phenoxy) is 3. The molecule has 0 saturated carbocycles. The Hall–Kier alpha value is -1.88. The van der Waals surface area contributed by atoms with Crippen molar-refractivity contribution in [3.05, 3.63) is 0 Å². The Bertz CT molecular complexity index is 847. The third kappa shape index (κ3) is 30.7. The quantitative estimate of drug-likeness (QED) is 0.116.